The Kier molecular flexibility index (Phi) is 3.39. The molecule has 0 aliphatic rings. The molecule has 0 fully saturated rings. The highest BCUT2D eigenvalue weighted by atomic mass is 16.5. The number of esters is 1. The summed E-state index contributed by atoms with van der Waals surface area (Å²) < 4.78 is 5.54. The maximum atomic E-state index is 12.6. The molecule has 0 unspecified atom stereocenters. The van der Waals surface area contributed by atoms with Crippen molar-refractivity contribution in [3.63, 3.8) is 0 Å². The van der Waals surface area contributed by atoms with E-state index in [1.807, 2.05) is 48.5 Å². The number of phenolic OH excluding ortho intramolecular Hbond substituents is 1. The van der Waals surface area contributed by atoms with E-state index in [-0.39, 0.29) is 5.75 Å². The van der Waals surface area contributed by atoms with Gasteiger partial charge >= 0.3 is 5.97 Å². The first-order chi connectivity index (χ1) is 11.7. The van der Waals surface area contributed by atoms with Crippen LogP contribution in [0.25, 0.3) is 21.5 Å². The predicted molar refractivity (Wildman–Crippen MR) is 94.5 cm³/mol. The highest BCUT2D eigenvalue weighted by molar-refractivity contribution is 6.05. The minimum Gasteiger partial charge on any atom is -0.508 e. The molecule has 0 spiro atoms. The highest BCUT2D eigenvalue weighted by Crippen LogP contribution is 2.26. The molecule has 24 heavy (non-hydrogen) atoms. The molecule has 0 amide bonds. The van der Waals surface area contributed by atoms with Gasteiger partial charge in [-0.3, -0.25) is 0 Å². The van der Waals surface area contributed by atoms with Crippen LogP contribution in [-0.2, 0) is 0 Å². The first kappa shape index (κ1) is 14.3. The van der Waals surface area contributed by atoms with Gasteiger partial charge in [0.2, 0.25) is 0 Å². The van der Waals surface area contributed by atoms with Gasteiger partial charge < -0.3 is 9.84 Å². The van der Waals surface area contributed by atoms with Gasteiger partial charge in [-0.2, -0.15) is 0 Å². The summed E-state index contributed by atoms with van der Waals surface area (Å²) >= 11 is 0. The van der Waals surface area contributed by atoms with Gasteiger partial charge in [0.15, 0.2) is 0 Å². The fraction of sp³-hybridized carbons (Fsp3) is 0. The van der Waals surface area contributed by atoms with Crippen molar-refractivity contribution >= 4 is 27.5 Å². The van der Waals surface area contributed by atoms with Crippen molar-refractivity contribution in [2.24, 2.45) is 0 Å². The van der Waals surface area contributed by atoms with Crippen LogP contribution < -0.4 is 4.74 Å². The zero-order valence-corrected chi connectivity index (χ0v) is 12.8. The quantitative estimate of drug-likeness (QED) is 0.422. The second-order valence-corrected chi connectivity index (χ2v) is 5.61. The van der Waals surface area contributed by atoms with Gasteiger partial charge in [-0.25, -0.2) is 4.79 Å². The second kappa shape index (κ2) is 5.70. The van der Waals surface area contributed by atoms with Gasteiger partial charge in [0.25, 0.3) is 0 Å². The number of ether oxygens (including phenoxy) is 1. The van der Waals surface area contributed by atoms with Crippen molar-refractivity contribution in [2.45, 2.75) is 0 Å². The SMILES string of the molecule is O=C(Oc1ccc2ccc(O)cc2c1)c1cccc2ccccc12. The molecule has 0 aliphatic heterocycles. The Balaban J connectivity index is 1.70. The molecule has 0 aliphatic carbocycles. The average Bonchev–Trinajstić information content (AvgIpc) is 2.61. The van der Waals surface area contributed by atoms with E-state index in [4.69, 9.17) is 4.74 Å². The zero-order valence-electron chi connectivity index (χ0n) is 12.8. The summed E-state index contributed by atoms with van der Waals surface area (Å²) in [7, 11) is 0. The van der Waals surface area contributed by atoms with Crippen molar-refractivity contribution in [3.05, 3.63) is 84.4 Å². The Morgan fingerprint density at radius 2 is 1.54 bits per heavy atom. The number of hydrogen-bond acceptors (Lipinski definition) is 3. The van der Waals surface area contributed by atoms with Gasteiger partial charge in [-0.15, -0.1) is 0 Å². The fourth-order valence-corrected chi connectivity index (χ4v) is 2.84. The van der Waals surface area contributed by atoms with Crippen LogP contribution in [0.1, 0.15) is 10.4 Å². The van der Waals surface area contributed by atoms with Gasteiger partial charge in [0, 0.05) is 0 Å². The van der Waals surface area contributed by atoms with Gasteiger partial charge in [-0.05, 0) is 51.9 Å². The molecule has 3 nitrogen and oxygen atoms in total. The third kappa shape index (κ3) is 2.57. The molecule has 0 saturated heterocycles. The largest absolute Gasteiger partial charge is 0.508 e. The zero-order chi connectivity index (χ0) is 16.5. The number of aromatic hydroxyl groups is 1. The third-order valence-corrected chi connectivity index (χ3v) is 4.02. The van der Waals surface area contributed by atoms with Crippen LogP contribution >= 0.6 is 0 Å². The monoisotopic (exact) mass is 314 g/mol. The Hall–Kier alpha value is -3.33. The maximum Gasteiger partial charge on any atom is 0.344 e. The lowest BCUT2D eigenvalue weighted by atomic mass is 10.0. The number of fused-ring (bicyclic) bond motifs is 2. The first-order valence-electron chi connectivity index (χ1n) is 7.63. The molecule has 116 valence electrons. The molecule has 0 atom stereocenters. The van der Waals surface area contributed by atoms with Crippen LogP contribution in [0.3, 0.4) is 0 Å². The molecule has 0 saturated carbocycles. The van der Waals surface area contributed by atoms with E-state index < -0.39 is 5.97 Å². The topological polar surface area (TPSA) is 46.5 Å². The van der Waals surface area contributed by atoms with Crippen molar-refractivity contribution < 1.29 is 14.6 Å². The molecular formula is C21H14O3. The summed E-state index contributed by atoms with van der Waals surface area (Å²) in [5.74, 6) is 0.234. The molecular weight excluding hydrogens is 300 g/mol. The van der Waals surface area contributed by atoms with Crippen LogP contribution in [0.2, 0.25) is 0 Å². The standard InChI is InChI=1S/C21H14O3/c22-17-10-8-14-9-11-18(13-16(14)12-17)24-21(23)20-7-3-5-15-4-1-2-6-19(15)20/h1-13,22H. The normalized spacial score (nSPS) is 10.8. The molecule has 4 aromatic rings. The van der Waals surface area contributed by atoms with E-state index >= 15 is 0 Å². The highest BCUT2D eigenvalue weighted by Gasteiger charge is 2.12. The second-order valence-electron chi connectivity index (χ2n) is 5.61. The molecule has 4 rings (SSSR count). The van der Waals surface area contributed by atoms with Crippen molar-refractivity contribution in [3.8, 4) is 11.5 Å². The Bertz CT molecular complexity index is 1060. The summed E-state index contributed by atoms with van der Waals surface area (Å²) in [5.41, 5.74) is 0.532. The lowest BCUT2D eigenvalue weighted by molar-refractivity contribution is 0.0737. The van der Waals surface area contributed by atoms with E-state index in [1.54, 1.807) is 30.3 Å². The van der Waals surface area contributed by atoms with Gasteiger partial charge in [0.1, 0.15) is 11.5 Å². The van der Waals surface area contributed by atoms with Crippen LogP contribution in [0.15, 0.2) is 78.9 Å². The molecule has 3 heteroatoms. The fourth-order valence-electron chi connectivity index (χ4n) is 2.84. The van der Waals surface area contributed by atoms with Gasteiger partial charge in [0.05, 0.1) is 5.56 Å². The number of rotatable bonds is 2. The van der Waals surface area contributed by atoms with Crippen molar-refractivity contribution in [1.82, 2.24) is 0 Å². The number of carbonyl (C=O) groups excluding carboxylic acids is 1. The van der Waals surface area contributed by atoms with E-state index in [2.05, 4.69) is 0 Å². The maximum absolute atomic E-state index is 12.6. The average molecular weight is 314 g/mol. The molecule has 1 N–H and O–H groups in total. The van der Waals surface area contributed by atoms with E-state index in [1.165, 1.54) is 0 Å². The molecule has 0 heterocycles. The summed E-state index contributed by atoms with van der Waals surface area (Å²) in [6.07, 6.45) is 0. The van der Waals surface area contributed by atoms with Crippen molar-refractivity contribution in [2.75, 3.05) is 0 Å². The van der Waals surface area contributed by atoms with Crippen LogP contribution in [-0.4, -0.2) is 11.1 Å². The Morgan fingerprint density at radius 1 is 0.750 bits per heavy atom. The summed E-state index contributed by atoms with van der Waals surface area (Å²) in [4.78, 5) is 12.6. The van der Waals surface area contributed by atoms with E-state index in [0.29, 0.717) is 11.3 Å². The summed E-state index contributed by atoms with van der Waals surface area (Å²) in [6, 6.07) is 23.7. The number of phenols is 1. The molecule has 0 bridgehead atoms. The lowest BCUT2D eigenvalue weighted by Gasteiger charge is -2.08. The smallest absolute Gasteiger partial charge is 0.344 e. The molecule has 0 radical (unpaired) electrons. The first-order valence-corrected chi connectivity index (χ1v) is 7.63. The minimum absolute atomic E-state index is 0.181. The molecule has 0 aromatic heterocycles. The number of carbonyl (C=O) groups is 1. The summed E-state index contributed by atoms with van der Waals surface area (Å²) in [5, 5.41) is 13.2. The van der Waals surface area contributed by atoms with Crippen molar-refractivity contribution in [1.29, 1.82) is 0 Å². The molecule has 4 aromatic carbocycles. The minimum atomic E-state index is -0.397. The Labute approximate surface area is 138 Å². The summed E-state index contributed by atoms with van der Waals surface area (Å²) in [6.45, 7) is 0. The number of benzene rings is 4. The van der Waals surface area contributed by atoms with Gasteiger partial charge in [-0.1, -0.05) is 48.5 Å². The lowest BCUT2D eigenvalue weighted by Crippen LogP contribution is -2.09. The van der Waals surface area contributed by atoms with E-state index in [9.17, 15) is 9.90 Å². The van der Waals surface area contributed by atoms with Crippen LogP contribution in [0.5, 0.6) is 11.5 Å². The van der Waals surface area contributed by atoms with E-state index in [0.717, 1.165) is 21.5 Å². The van der Waals surface area contributed by atoms with Crippen LogP contribution in [0, 0.1) is 0 Å². The predicted octanol–water partition coefficient (Wildman–Crippen LogP) is 4.92. The van der Waals surface area contributed by atoms with Crippen LogP contribution in [0.4, 0.5) is 0 Å². The Morgan fingerprint density at radius 3 is 2.46 bits per heavy atom. The number of hydrogen-bond donors (Lipinski definition) is 1. The third-order valence-electron chi connectivity index (χ3n) is 4.02.